The van der Waals surface area contributed by atoms with E-state index >= 15 is 0 Å². The third kappa shape index (κ3) is 2.92. The summed E-state index contributed by atoms with van der Waals surface area (Å²) in [6.07, 6.45) is 6.77. The van der Waals surface area contributed by atoms with Gasteiger partial charge in [-0.1, -0.05) is 19.3 Å². The number of hydrogen-bond donors (Lipinski definition) is 1. The number of rotatable bonds is 1. The van der Waals surface area contributed by atoms with Gasteiger partial charge in [0.2, 0.25) is 0 Å². The number of halogens is 2. The van der Waals surface area contributed by atoms with Gasteiger partial charge in [0.1, 0.15) is 0 Å². The number of aliphatic imine (C=N–C) groups is 1. The zero-order valence-corrected chi connectivity index (χ0v) is 9.95. The average Bonchev–Trinajstić information content (AvgIpc) is 2.53. The van der Waals surface area contributed by atoms with Gasteiger partial charge >= 0.3 is 0 Å². The molecule has 2 rings (SSSR count). The van der Waals surface area contributed by atoms with Gasteiger partial charge in [-0.3, -0.25) is 4.99 Å². The van der Waals surface area contributed by atoms with Crippen LogP contribution in [-0.2, 0) is 0 Å². The Kier molecular flexibility index (Phi) is 6.29. The van der Waals surface area contributed by atoms with Gasteiger partial charge in [0, 0.05) is 12.6 Å². The highest BCUT2D eigenvalue weighted by Gasteiger charge is 2.24. The smallest absolute Gasteiger partial charge is 0.191 e. The molecule has 0 aromatic carbocycles. The summed E-state index contributed by atoms with van der Waals surface area (Å²) in [5.41, 5.74) is 5.79. The molecule has 1 fully saturated rings. The van der Waals surface area contributed by atoms with Crippen molar-refractivity contribution in [1.82, 2.24) is 4.90 Å². The standard InChI is InChI=1S/C9H17N3.2ClH/c10-9-11-6-7-12(9)8-4-2-1-3-5-8;;/h8H,1-7H2,(H2,10,11);2*1H. The Morgan fingerprint density at radius 3 is 2.29 bits per heavy atom. The quantitative estimate of drug-likeness (QED) is 0.759. The van der Waals surface area contributed by atoms with E-state index in [0.29, 0.717) is 6.04 Å². The third-order valence-corrected chi connectivity index (χ3v) is 2.92. The predicted octanol–water partition coefficient (Wildman–Crippen LogP) is 1.79. The van der Waals surface area contributed by atoms with E-state index in [2.05, 4.69) is 9.89 Å². The van der Waals surface area contributed by atoms with Crippen LogP contribution >= 0.6 is 24.8 Å². The fraction of sp³-hybridized carbons (Fsp3) is 0.889. The average molecular weight is 240 g/mol. The van der Waals surface area contributed by atoms with Crippen molar-refractivity contribution in [2.24, 2.45) is 10.7 Å². The Labute approximate surface area is 97.9 Å². The molecule has 0 aromatic rings. The first kappa shape index (κ1) is 13.8. The molecule has 0 saturated heterocycles. The number of nitrogens with two attached hydrogens (primary N) is 1. The second-order valence-corrected chi connectivity index (χ2v) is 3.73. The van der Waals surface area contributed by atoms with Crippen LogP contribution in [0.25, 0.3) is 0 Å². The minimum Gasteiger partial charge on any atom is -0.370 e. The summed E-state index contributed by atoms with van der Waals surface area (Å²) in [5, 5.41) is 0. The van der Waals surface area contributed by atoms with Crippen LogP contribution < -0.4 is 5.73 Å². The minimum atomic E-state index is 0. The van der Waals surface area contributed by atoms with Gasteiger partial charge in [-0.25, -0.2) is 0 Å². The molecule has 84 valence electrons. The van der Waals surface area contributed by atoms with Crippen molar-refractivity contribution in [2.45, 2.75) is 38.1 Å². The SMILES string of the molecule is Cl.Cl.NC1=NCCN1C1CCCCC1. The van der Waals surface area contributed by atoms with Gasteiger partial charge in [-0.2, -0.15) is 0 Å². The predicted molar refractivity (Wildman–Crippen MR) is 64.6 cm³/mol. The molecule has 5 heteroatoms. The van der Waals surface area contributed by atoms with Crippen LogP contribution in [0.15, 0.2) is 4.99 Å². The summed E-state index contributed by atoms with van der Waals surface area (Å²) >= 11 is 0. The first-order valence-corrected chi connectivity index (χ1v) is 4.94. The van der Waals surface area contributed by atoms with E-state index < -0.39 is 0 Å². The van der Waals surface area contributed by atoms with Gasteiger partial charge in [0.25, 0.3) is 0 Å². The summed E-state index contributed by atoms with van der Waals surface area (Å²) < 4.78 is 0. The summed E-state index contributed by atoms with van der Waals surface area (Å²) in [4.78, 5) is 6.50. The zero-order valence-electron chi connectivity index (χ0n) is 8.32. The Morgan fingerprint density at radius 2 is 1.79 bits per heavy atom. The van der Waals surface area contributed by atoms with Crippen molar-refractivity contribution in [3.63, 3.8) is 0 Å². The lowest BCUT2D eigenvalue weighted by Gasteiger charge is -2.31. The van der Waals surface area contributed by atoms with Crippen LogP contribution in [0.1, 0.15) is 32.1 Å². The Morgan fingerprint density at radius 1 is 1.14 bits per heavy atom. The highest BCUT2D eigenvalue weighted by atomic mass is 35.5. The molecular weight excluding hydrogens is 221 g/mol. The van der Waals surface area contributed by atoms with E-state index in [4.69, 9.17) is 5.73 Å². The Bertz CT molecular complexity index is 190. The lowest BCUT2D eigenvalue weighted by atomic mass is 9.94. The highest BCUT2D eigenvalue weighted by Crippen LogP contribution is 2.23. The van der Waals surface area contributed by atoms with Gasteiger partial charge in [-0.15, -0.1) is 24.8 Å². The number of hydrogen-bond acceptors (Lipinski definition) is 3. The van der Waals surface area contributed by atoms with E-state index in [0.717, 1.165) is 19.0 Å². The van der Waals surface area contributed by atoms with Crippen molar-refractivity contribution in [1.29, 1.82) is 0 Å². The van der Waals surface area contributed by atoms with Gasteiger partial charge in [-0.05, 0) is 12.8 Å². The van der Waals surface area contributed by atoms with E-state index in [9.17, 15) is 0 Å². The van der Waals surface area contributed by atoms with Crippen molar-refractivity contribution in [2.75, 3.05) is 13.1 Å². The van der Waals surface area contributed by atoms with Crippen LogP contribution in [0.4, 0.5) is 0 Å². The second-order valence-electron chi connectivity index (χ2n) is 3.73. The molecule has 0 bridgehead atoms. The normalized spacial score (nSPS) is 22.3. The molecule has 1 saturated carbocycles. The molecule has 2 aliphatic rings. The monoisotopic (exact) mass is 239 g/mol. The van der Waals surface area contributed by atoms with E-state index in [1.165, 1.54) is 32.1 Å². The molecule has 0 unspecified atom stereocenters. The molecular formula is C9H19Cl2N3. The molecule has 0 aromatic heterocycles. The topological polar surface area (TPSA) is 41.6 Å². The fourth-order valence-corrected chi connectivity index (χ4v) is 2.24. The molecule has 0 amide bonds. The highest BCUT2D eigenvalue weighted by molar-refractivity contribution is 5.85. The molecule has 0 spiro atoms. The molecule has 1 aliphatic heterocycles. The lowest BCUT2D eigenvalue weighted by molar-refractivity contribution is 0.258. The maximum atomic E-state index is 5.79. The molecule has 0 radical (unpaired) electrons. The summed E-state index contributed by atoms with van der Waals surface area (Å²) in [5.74, 6) is 0.780. The zero-order chi connectivity index (χ0) is 8.39. The lowest BCUT2D eigenvalue weighted by Crippen LogP contribution is -2.43. The Hall–Kier alpha value is -0.150. The maximum absolute atomic E-state index is 5.79. The summed E-state index contributed by atoms with van der Waals surface area (Å²) in [6, 6.07) is 0.699. The number of guanidine groups is 1. The van der Waals surface area contributed by atoms with Gasteiger partial charge in [0.15, 0.2) is 5.96 Å². The maximum Gasteiger partial charge on any atom is 0.191 e. The van der Waals surface area contributed by atoms with Crippen molar-refractivity contribution in [3.8, 4) is 0 Å². The molecule has 14 heavy (non-hydrogen) atoms. The first-order valence-electron chi connectivity index (χ1n) is 4.94. The van der Waals surface area contributed by atoms with Crippen molar-refractivity contribution in [3.05, 3.63) is 0 Å². The van der Waals surface area contributed by atoms with Gasteiger partial charge in [0.05, 0.1) is 6.54 Å². The molecule has 0 atom stereocenters. The molecule has 2 N–H and O–H groups in total. The van der Waals surface area contributed by atoms with E-state index in [-0.39, 0.29) is 24.8 Å². The minimum absolute atomic E-state index is 0. The van der Waals surface area contributed by atoms with E-state index in [1.54, 1.807) is 0 Å². The van der Waals surface area contributed by atoms with Crippen molar-refractivity contribution < 1.29 is 0 Å². The summed E-state index contributed by atoms with van der Waals surface area (Å²) in [7, 11) is 0. The second kappa shape index (κ2) is 6.36. The third-order valence-electron chi connectivity index (χ3n) is 2.92. The van der Waals surface area contributed by atoms with Crippen molar-refractivity contribution >= 4 is 30.8 Å². The van der Waals surface area contributed by atoms with Crippen LogP contribution in [0, 0.1) is 0 Å². The van der Waals surface area contributed by atoms with Crippen LogP contribution in [0.5, 0.6) is 0 Å². The van der Waals surface area contributed by atoms with Crippen LogP contribution in [-0.4, -0.2) is 30.0 Å². The molecule has 1 aliphatic carbocycles. The molecule has 1 heterocycles. The fourth-order valence-electron chi connectivity index (χ4n) is 2.24. The van der Waals surface area contributed by atoms with Crippen LogP contribution in [0.3, 0.4) is 0 Å². The number of nitrogens with zero attached hydrogens (tertiary/aromatic N) is 2. The van der Waals surface area contributed by atoms with Crippen LogP contribution in [0.2, 0.25) is 0 Å². The Balaban J connectivity index is 0.000000845. The summed E-state index contributed by atoms with van der Waals surface area (Å²) in [6.45, 7) is 1.96. The van der Waals surface area contributed by atoms with E-state index in [1.807, 2.05) is 0 Å². The largest absolute Gasteiger partial charge is 0.370 e. The molecule has 3 nitrogen and oxygen atoms in total. The first-order chi connectivity index (χ1) is 5.88. The van der Waals surface area contributed by atoms with Gasteiger partial charge < -0.3 is 10.6 Å².